The number of aromatic amines is 1. The number of H-pyrrole nitrogens is 1. The lowest BCUT2D eigenvalue weighted by molar-refractivity contribution is -0.116. The summed E-state index contributed by atoms with van der Waals surface area (Å²) in [6.45, 7) is 0. The molecular weight excluding hydrogens is 354 g/mol. The second-order valence-electron chi connectivity index (χ2n) is 5.19. The molecule has 0 radical (unpaired) electrons. The summed E-state index contributed by atoms with van der Waals surface area (Å²) in [5, 5.41) is 2.80. The van der Waals surface area contributed by atoms with Gasteiger partial charge in [-0.25, -0.2) is 4.98 Å². The third-order valence-corrected chi connectivity index (χ3v) is 4.00. The zero-order valence-electron chi connectivity index (χ0n) is 12.4. The molecule has 0 bridgehead atoms. The van der Waals surface area contributed by atoms with Crippen LogP contribution in [0.3, 0.4) is 0 Å². The van der Waals surface area contributed by atoms with Crippen LogP contribution in [0.5, 0.6) is 0 Å². The Morgan fingerprint density at radius 2 is 1.83 bits per heavy atom. The third kappa shape index (κ3) is 4.29. The smallest absolute Gasteiger partial charge is 0.227 e. The maximum absolute atomic E-state index is 12.0. The minimum absolute atomic E-state index is 0.0504. The minimum Gasteiger partial charge on any atom is -0.324 e. The van der Waals surface area contributed by atoms with E-state index in [2.05, 4.69) is 31.2 Å². The first kappa shape index (κ1) is 15.5. The van der Waals surface area contributed by atoms with Gasteiger partial charge in [0.25, 0.3) is 0 Å². The lowest BCUT2D eigenvalue weighted by Crippen LogP contribution is -2.13. The molecule has 0 saturated carbocycles. The van der Waals surface area contributed by atoms with Gasteiger partial charge in [0.1, 0.15) is 0 Å². The van der Waals surface area contributed by atoms with Gasteiger partial charge in [0.15, 0.2) is 0 Å². The van der Waals surface area contributed by atoms with Gasteiger partial charge in [-0.2, -0.15) is 0 Å². The average molecular weight is 370 g/mol. The summed E-state index contributed by atoms with van der Waals surface area (Å²) in [7, 11) is 0. The highest BCUT2D eigenvalue weighted by molar-refractivity contribution is 9.10. The molecule has 116 valence electrons. The molecule has 0 saturated heterocycles. The maximum atomic E-state index is 12.0. The number of benzene rings is 2. The molecule has 2 aromatic carbocycles. The monoisotopic (exact) mass is 369 g/mol. The Morgan fingerprint density at radius 3 is 2.57 bits per heavy atom. The topological polar surface area (TPSA) is 57.8 Å². The van der Waals surface area contributed by atoms with Gasteiger partial charge in [0.2, 0.25) is 11.9 Å². The standard InChI is InChI=1S/C18H16BrN3O/c19-15-9-7-14(8-10-15)16-12-20-18(21-16)22-17(23)11-6-13-4-2-1-3-5-13/h1-5,7-10,12H,6,11H2,(H2,20,21,22,23). The normalized spacial score (nSPS) is 10.5. The number of aryl methyl sites for hydroxylation is 1. The number of halogens is 1. The summed E-state index contributed by atoms with van der Waals surface area (Å²) >= 11 is 3.41. The molecule has 0 aliphatic carbocycles. The zero-order valence-corrected chi connectivity index (χ0v) is 14.0. The lowest BCUT2D eigenvalue weighted by atomic mass is 10.1. The predicted molar refractivity (Wildman–Crippen MR) is 95.1 cm³/mol. The predicted octanol–water partition coefficient (Wildman–Crippen LogP) is 4.41. The summed E-state index contributed by atoms with van der Waals surface area (Å²) in [6, 6.07) is 17.9. The van der Waals surface area contributed by atoms with Crippen molar-refractivity contribution in [2.45, 2.75) is 12.8 Å². The number of hydrogen-bond acceptors (Lipinski definition) is 2. The molecular formula is C18H16BrN3O. The molecule has 0 aliphatic heterocycles. The Hall–Kier alpha value is -2.40. The van der Waals surface area contributed by atoms with E-state index in [0.717, 1.165) is 21.3 Å². The highest BCUT2D eigenvalue weighted by atomic mass is 79.9. The quantitative estimate of drug-likeness (QED) is 0.699. The van der Waals surface area contributed by atoms with Crippen LogP contribution in [-0.4, -0.2) is 15.9 Å². The molecule has 4 nitrogen and oxygen atoms in total. The van der Waals surface area contributed by atoms with Crippen LogP contribution < -0.4 is 5.32 Å². The fourth-order valence-electron chi connectivity index (χ4n) is 2.26. The Labute approximate surface area is 143 Å². The number of nitrogens with one attached hydrogen (secondary N) is 2. The first-order valence-corrected chi connectivity index (χ1v) is 8.15. The number of carbonyl (C=O) groups excluding carboxylic acids is 1. The number of hydrogen-bond donors (Lipinski definition) is 2. The number of aromatic nitrogens is 2. The van der Waals surface area contributed by atoms with Crippen molar-refractivity contribution in [2.75, 3.05) is 5.32 Å². The van der Waals surface area contributed by atoms with Crippen LogP contribution >= 0.6 is 15.9 Å². The van der Waals surface area contributed by atoms with E-state index >= 15 is 0 Å². The highest BCUT2D eigenvalue weighted by Gasteiger charge is 2.07. The number of imidazole rings is 1. The van der Waals surface area contributed by atoms with Crippen molar-refractivity contribution in [3.63, 3.8) is 0 Å². The van der Waals surface area contributed by atoms with Crippen LogP contribution in [-0.2, 0) is 11.2 Å². The summed E-state index contributed by atoms with van der Waals surface area (Å²) in [6.07, 6.45) is 2.86. The number of amides is 1. The van der Waals surface area contributed by atoms with Gasteiger partial charge in [-0.05, 0) is 29.7 Å². The van der Waals surface area contributed by atoms with Crippen molar-refractivity contribution >= 4 is 27.8 Å². The van der Waals surface area contributed by atoms with E-state index < -0.39 is 0 Å². The van der Waals surface area contributed by atoms with E-state index in [0.29, 0.717) is 18.8 Å². The van der Waals surface area contributed by atoms with Crippen LogP contribution in [0, 0.1) is 0 Å². The molecule has 1 heterocycles. The zero-order chi connectivity index (χ0) is 16.1. The molecule has 2 N–H and O–H groups in total. The Bertz CT molecular complexity index is 782. The van der Waals surface area contributed by atoms with Crippen molar-refractivity contribution in [3.8, 4) is 11.3 Å². The Kier molecular flexibility index (Phi) is 4.88. The van der Waals surface area contributed by atoms with Crippen molar-refractivity contribution in [3.05, 3.63) is 70.8 Å². The van der Waals surface area contributed by atoms with Crippen LogP contribution in [0.1, 0.15) is 12.0 Å². The van der Waals surface area contributed by atoms with Crippen LogP contribution in [0.2, 0.25) is 0 Å². The van der Waals surface area contributed by atoms with Crippen LogP contribution in [0.15, 0.2) is 65.3 Å². The number of nitrogens with zero attached hydrogens (tertiary/aromatic N) is 1. The van der Waals surface area contributed by atoms with Gasteiger partial charge in [0.05, 0.1) is 11.9 Å². The van der Waals surface area contributed by atoms with E-state index in [4.69, 9.17) is 0 Å². The minimum atomic E-state index is -0.0504. The second-order valence-corrected chi connectivity index (χ2v) is 6.10. The molecule has 1 aromatic heterocycles. The van der Waals surface area contributed by atoms with E-state index in [1.165, 1.54) is 0 Å². The number of rotatable bonds is 5. The molecule has 0 aliphatic rings. The molecule has 3 aromatic rings. The molecule has 3 rings (SSSR count). The Balaban J connectivity index is 1.58. The molecule has 23 heavy (non-hydrogen) atoms. The molecule has 5 heteroatoms. The number of anilines is 1. The van der Waals surface area contributed by atoms with Crippen molar-refractivity contribution in [1.29, 1.82) is 0 Å². The Morgan fingerprint density at radius 1 is 1.09 bits per heavy atom. The maximum Gasteiger partial charge on any atom is 0.227 e. The lowest BCUT2D eigenvalue weighted by Gasteiger charge is -2.02. The first-order valence-electron chi connectivity index (χ1n) is 7.35. The average Bonchev–Trinajstić information content (AvgIpc) is 3.03. The SMILES string of the molecule is O=C(CCc1ccccc1)Nc1ncc(-c2ccc(Br)cc2)[nH]1. The van der Waals surface area contributed by atoms with E-state index in [1.807, 2.05) is 54.6 Å². The highest BCUT2D eigenvalue weighted by Crippen LogP contribution is 2.21. The fraction of sp³-hybridized carbons (Fsp3) is 0.111. The summed E-state index contributed by atoms with van der Waals surface area (Å²) in [5.41, 5.74) is 3.04. The summed E-state index contributed by atoms with van der Waals surface area (Å²) < 4.78 is 1.02. The van der Waals surface area contributed by atoms with Crippen molar-refractivity contribution in [1.82, 2.24) is 9.97 Å². The van der Waals surface area contributed by atoms with Gasteiger partial charge in [-0.15, -0.1) is 0 Å². The summed E-state index contributed by atoms with van der Waals surface area (Å²) in [4.78, 5) is 19.3. The van der Waals surface area contributed by atoms with E-state index in [9.17, 15) is 4.79 Å². The molecule has 0 fully saturated rings. The third-order valence-electron chi connectivity index (χ3n) is 3.47. The second kappa shape index (κ2) is 7.24. The summed E-state index contributed by atoms with van der Waals surface area (Å²) in [5.74, 6) is 0.423. The van der Waals surface area contributed by atoms with Gasteiger partial charge in [-0.1, -0.05) is 58.4 Å². The van der Waals surface area contributed by atoms with Crippen molar-refractivity contribution < 1.29 is 4.79 Å². The largest absolute Gasteiger partial charge is 0.324 e. The fourth-order valence-corrected chi connectivity index (χ4v) is 2.52. The van der Waals surface area contributed by atoms with Gasteiger partial charge < -0.3 is 4.98 Å². The molecule has 0 spiro atoms. The van der Waals surface area contributed by atoms with Crippen LogP contribution in [0.25, 0.3) is 11.3 Å². The van der Waals surface area contributed by atoms with Crippen LogP contribution in [0.4, 0.5) is 5.95 Å². The van der Waals surface area contributed by atoms with Gasteiger partial charge in [0, 0.05) is 10.9 Å². The number of carbonyl (C=O) groups is 1. The van der Waals surface area contributed by atoms with Crippen molar-refractivity contribution in [2.24, 2.45) is 0 Å². The molecule has 0 atom stereocenters. The van der Waals surface area contributed by atoms with Gasteiger partial charge in [-0.3, -0.25) is 10.1 Å². The first-order chi connectivity index (χ1) is 11.2. The van der Waals surface area contributed by atoms with E-state index in [-0.39, 0.29) is 5.91 Å². The van der Waals surface area contributed by atoms with E-state index in [1.54, 1.807) is 6.20 Å². The molecule has 1 amide bonds. The molecule has 0 unspecified atom stereocenters. The van der Waals surface area contributed by atoms with Gasteiger partial charge >= 0.3 is 0 Å².